The van der Waals surface area contributed by atoms with Gasteiger partial charge in [-0.25, -0.2) is 26.3 Å². The summed E-state index contributed by atoms with van der Waals surface area (Å²) in [5.41, 5.74) is -1.74. The molecule has 8 heteroatoms. The summed E-state index contributed by atoms with van der Waals surface area (Å²) in [6, 6.07) is 0.0547. The Morgan fingerprint density at radius 3 is 2.12 bits per heavy atom. The fourth-order valence-corrected chi connectivity index (χ4v) is 3.31. The van der Waals surface area contributed by atoms with Crippen molar-refractivity contribution >= 4 is 5.97 Å². The van der Waals surface area contributed by atoms with Crippen LogP contribution in [0.4, 0.5) is 26.3 Å². The Balaban J connectivity index is 1.71. The molecule has 2 aliphatic rings. The summed E-state index contributed by atoms with van der Waals surface area (Å²) < 4.78 is 85.0. The molecule has 0 N–H and O–H groups in total. The molecule has 2 aliphatic carbocycles. The summed E-state index contributed by atoms with van der Waals surface area (Å²) in [5, 5.41) is 0. The summed E-state index contributed by atoms with van der Waals surface area (Å²) in [6.45, 7) is 3.73. The van der Waals surface area contributed by atoms with Crippen LogP contribution in [-0.2, 0) is 16.1 Å². The summed E-state index contributed by atoms with van der Waals surface area (Å²) in [7, 11) is 0. The first-order valence-electron chi connectivity index (χ1n) is 7.99. The third kappa shape index (κ3) is 2.79. The number of rotatable bonds is 4. The first-order valence-corrected chi connectivity index (χ1v) is 7.99. The number of hydrogen-bond acceptors (Lipinski definition) is 2. The van der Waals surface area contributed by atoms with E-state index in [1.807, 2.05) is 0 Å². The number of carbonyl (C=O) groups excluding carboxylic acids is 1. The van der Waals surface area contributed by atoms with Crippen LogP contribution in [0.25, 0.3) is 0 Å². The van der Waals surface area contributed by atoms with Crippen molar-refractivity contribution in [2.24, 2.45) is 23.2 Å². The van der Waals surface area contributed by atoms with Gasteiger partial charge in [-0.3, -0.25) is 4.79 Å². The molecule has 0 aromatic heterocycles. The Kier molecular flexibility index (Phi) is 4.16. The molecule has 0 spiro atoms. The number of hydrogen-bond donors (Lipinski definition) is 0. The molecule has 0 heterocycles. The molecule has 0 radical (unpaired) electrons. The van der Waals surface area contributed by atoms with Crippen molar-refractivity contribution in [3.8, 4) is 0 Å². The molecule has 3 unspecified atom stereocenters. The van der Waals surface area contributed by atoms with E-state index in [0.717, 1.165) is 0 Å². The molecule has 3 atom stereocenters. The number of benzene rings is 1. The SMILES string of the molecule is CC1C(=CC2C(C(=O)OCc3c(F)c(F)cc(F)c3F)C2(C)C)C1(F)F. The topological polar surface area (TPSA) is 26.3 Å². The number of carbonyl (C=O) groups is 1. The number of alkyl halides is 2. The van der Waals surface area contributed by atoms with Gasteiger partial charge in [0, 0.05) is 11.6 Å². The van der Waals surface area contributed by atoms with E-state index in [1.54, 1.807) is 13.8 Å². The van der Waals surface area contributed by atoms with E-state index in [9.17, 15) is 31.1 Å². The first kappa shape index (κ1) is 18.8. The van der Waals surface area contributed by atoms with Crippen molar-refractivity contribution in [1.82, 2.24) is 0 Å². The highest BCUT2D eigenvalue weighted by Crippen LogP contribution is 2.64. The highest BCUT2D eigenvalue weighted by molar-refractivity contribution is 5.78. The predicted molar refractivity (Wildman–Crippen MR) is 79.0 cm³/mol. The third-order valence-corrected chi connectivity index (χ3v) is 5.40. The molecular formula is C18H16F6O2. The van der Waals surface area contributed by atoms with E-state index in [4.69, 9.17) is 4.74 Å². The van der Waals surface area contributed by atoms with Gasteiger partial charge in [0.05, 0.1) is 17.4 Å². The van der Waals surface area contributed by atoms with Crippen molar-refractivity contribution in [3.63, 3.8) is 0 Å². The Morgan fingerprint density at radius 2 is 1.65 bits per heavy atom. The maximum atomic E-state index is 13.6. The van der Waals surface area contributed by atoms with Crippen molar-refractivity contribution in [2.45, 2.75) is 33.3 Å². The lowest BCUT2D eigenvalue weighted by molar-refractivity contribution is -0.147. The van der Waals surface area contributed by atoms with Gasteiger partial charge < -0.3 is 4.74 Å². The fraction of sp³-hybridized carbons (Fsp3) is 0.500. The lowest BCUT2D eigenvalue weighted by Crippen LogP contribution is -2.13. The Labute approximate surface area is 145 Å². The highest BCUT2D eigenvalue weighted by atomic mass is 19.3. The van der Waals surface area contributed by atoms with Crippen LogP contribution in [0.15, 0.2) is 17.7 Å². The molecule has 2 saturated carbocycles. The molecule has 2 fully saturated rings. The van der Waals surface area contributed by atoms with Gasteiger partial charge in [0.25, 0.3) is 5.92 Å². The highest BCUT2D eigenvalue weighted by Gasteiger charge is 2.66. The maximum Gasteiger partial charge on any atom is 0.310 e. The lowest BCUT2D eigenvalue weighted by Gasteiger charge is -2.09. The van der Waals surface area contributed by atoms with Crippen molar-refractivity contribution in [2.75, 3.05) is 0 Å². The zero-order valence-corrected chi connectivity index (χ0v) is 14.2. The Bertz CT molecular complexity index is 788. The van der Waals surface area contributed by atoms with E-state index in [1.165, 1.54) is 13.0 Å². The third-order valence-electron chi connectivity index (χ3n) is 5.40. The van der Waals surface area contributed by atoms with Crippen LogP contribution in [0.2, 0.25) is 0 Å². The summed E-state index contributed by atoms with van der Waals surface area (Å²) in [5.74, 6) is -12.4. The van der Waals surface area contributed by atoms with Crippen LogP contribution in [0.5, 0.6) is 0 Å². The number of esters is 1. The van der Waals surface area contributed by atoms with E-state index in [0.29, 0.717) is 0 Å². The van der Waals surface area contributed by atoms with Gasteiger partial charge in [-0.15, -0.1) is 0 Å². The van der Waals surface area contributed by atoms with Crippen LogP contribution in [-0.4, -0.2) is 11.9 Å². The van der Waals surface area contributed by atoms with Gasteiger partial charge in [-0.1, -0.05) is 26.8 Å². The second kappa shape index (κ2) is 5.76. The van der Waals surface area contributed by atoms with Gasteiger partial charge >= 0.3 is 5.97 Å². The second-order valence-electron chi connectivity index (χ2n) is 7.35. The minimum absolute atomic E-state index is 0.0461. The lowest BCUT2D eigenvalue weighted by atomic mass is 10.1. The molecule has 2 nitrogen and oxygen atoms in total. The van der Waals surface area contributed by atoms with Crippen LogP contribution in [0.1, 0.15) is 26.3 Å². The molecule has 142 valence electrons. The molecular weight excluding hydrogens is 362 g/mol. The summed E-state index contributed by atoms with van der Waals surface area (Å²) in [4.78, 5) is 12.2. The average molecular weight is 378 g/mol. The quantitative estimate of drug-likeness (QED) is 0.327. The number of allylic oxidation sites excluding steroid dienone is 2. The normalized spacial score (nSPS) is 29.6. The van der Waals surface area contributed by atoms with Crippen molar-refractivity contribution in [3.05, 3.63) is 46.5 Å². The maximum absolute atomic E-state index is 13.6. The molecule has 3 rings (SSSR count). The van der Waals surface area contributed by atoms with E-state index < -0.39 is 70.5 Å². The monoisotopic (exact) mass is 378 g/mol. The minimum atomic E-state index is -2.88. The van der Waals surface area contributed by atoms with Crippen LogP contribution < -0.4 is 0 Å². The van der Waals surface area contributed by atoms with Crippen molar-refractivity contribution < 1.29 is 35.9 Å². The molecule has 26 heavy (non-hydrogen) atoms. The standard InChI is InChI=1S/C18H16F6O2/c1-7-9(18(7,23)24)4-10-13(17(10,2)3)16(25)26-6-8-14(21)11(19)5-12(20)15(8)22/h4-5,7,10,13H,6H2,1-3H3. The zero-order valence-electron chi connectivity index (χ0n) is 14.2. The predicted octanol–water partition coefficient (Wildman–Crippen LogP) is 4.77. The fourth-order valence-electron chi connectivity index (χ4n) is 3.31. The van der Waals surface area contributed by atoms with Crippen LogP contribution in [0, 0.1) is 46.4 Å². The zero-order chi connectivity index (χ0) is 19.6. The first-order chi connectivity index (χ1) is 11.9. The van der Waals surface area contributed by atoms with Gasteiger partial charge in [0.2, 0.25) is 0 Å². The summed E-state index contributed by atoms with van der Waals surface area (Å²) in [6.07, 6.45) is 1.35. The molecule has 0 aliphatic heterocycles. The van der Waals surface area contributed by atoms with Gasteiger partial charge in [0.1, 0.15) is 6.61 Å². The van der Waals surface area contributed by atoms with Gasteiger partial charge in [-0.2, -0.15) is 0 Å². The molecule has 0 saturated heterocycles. The van der Waals surface area contributed by atoms with E-state index in [-0.39, 0.29) is 11.6 Å². The van der Waals surface area contributed by atoms with E-state index in [2.05, 4.69) is 0 Å². The minimum Gasteiger partial charge on any atom is -0.460 e. The molecule has 0 amide bonds. The van der Waals surface area contributed by atoms with Crippen LogP contribution in [0.3, 0.4) is 0 Å². The van der Waals surface area contributed by atoms with Gasteiger partial charge in [-0.05, 0) is 11.3 Å². The van der Waals surface area contributed by atoms with Crippen LogP contribution >= 0.6 is 0 Å². The molecule has 1 aromatic rings. The Hall–Kier alpha value is -1.99. The Morgan fingerprint density at radius 1 is 1.15 bits per heavy atom. The number of ether oxygens (including phenoxy) is 1. The molecule has 0 bridgehead atoms. The van der Waals surface area contributed by atoms with Gasteiger partial charge in [0.15, 0.2) is 23.3 Å². The number of halogens is 6. The largest absolute Gasteiger partial charge is 0.460 e. The van der Waals surface area contributed by atoms with E-state index >= 15 is 0 Å². The second-order valence-corrected chi connectivity index (χ2v) is 7.35. The summed E-state index contributed by atoms with van der Waals surface area (Å²) >= 11 is 0. The molecule has 1 aromatic carbocycles. The smallest absolute Gasteiger partial charge is 0.310 e. The van der Waals surface area contributed by atoms with Crippen molar-refractivity contribution in [1.29, 1.82) is 0 Å². The average Bonchev–Trinajstić information content (AvgIpc) is 3.27.